The summed E-state index contributed by atoms with van der Waals surface area (Å²) in [5.41, 5.74) is 2.00. The van der Waals surface area contributed by atoms with E-state index in [-0.39, 0.29) is 25.1 Å². The third kappa shape index (κ3) is 5.91. The number of aromatic nitrogens is 4. The molecular weight excluding hydrogens is 382 g/mol. The molecule has 2 N–H and O–H groups in total. The highest BCUT2D eigenvalue weighted by Crippen LogP contribution is 2.17. The summed E-state index contributed by atoms with van der Waals surface area (Å²) in [7, 11) is 1.62. The number of nitrogens with zero attached hydrogens (tertiary/aromatic N) is 4. The Hall–Kier alpha value is -2.68. The van der Waals surface area contributed by atoms with E-state index in [1.54, 1.807) is 18.1 Å². The van der Waals surface area contributed by atoms with Crippen molar-refractivity contribution in [3.63, 3.8) is 0 Å². The van der Waals surface area contributed by atoms with Gasteiger partial charge in [0.05, 0.1) is 12.8 Å². The lowest BCUT2D eigenvalue weighted by molar-refractivity contribution is 0.104. The monoisotopic (exact) mass is 405 g/mol. The first-order valence-electron chi connectivity index (χ1n) is 8.67. The third-order valence-corrected chi connectivity index (χ3v) is 4.17. The molecule has 9 heteroatoms. The van der Waals surface area contributed by atoms with E-state index in [0.29, 0.717) is 12.3 Å². The van der Waals surface area contributed by atoms with Crippen LogP contribution in [-0.4, -0.2) is 51.7 Å². The van der Waals surface area contributed by atoms with Gasteiger partial charge < -0.3 is 19.9 Å². The summed E-state index contributed by atoms with van der Waals surface area (Å²) in [6.07, 6.45) is 0.936. The Balaban J connectivity index is 0.00000280. The molecule has 0 saturated carbocycles. The first-order valence-corrected chi connectivity index (χ1v) is 8.67. The van der Waals surface area contributed by atoms with Crippen LogP contribution < -0.4 is 14.8 Å². The van der Waals surface area contributed by atoms with Gasteiger partial charge in [0.15, 0.2) is 0 Å². The second-order valence-corrected chi connectivity index (χ2v) is 6.12. The molecule has 1 heterocycles. The molecule has 0 radical (unpaired) electrons. The van der Waals surface area contributed by atoms with Crippen LogP contribution in [0.25, 0.3) is 5.69 Å². The van der Waals surface area contributed by atoms with E-state index in [4.69, 9.17) is 9.47 Å². The predicted octanol–water partition coefficient (Wildman–Crippen LogP) is 2.18. The number of halogens is 1. The number of hydrogen-bond acceptors (Lipinski definition) is 7. The number of hydrogen-bond donors (Lipinski definition) is 2. The Labute approximate surface area is 169 Å². The minimum atomic E-state index is -0.616. The number of nitrogens with one attached hydrogen (secondary N) is 1. The van der Waals surface area contributed by atoms with Crippen molar-refractivity contribution in [2.45, 2.75) is 19.1 Å². The van der Waals surface area contributed by atoms with Gasteiger partial charge >= 0.3 is 0 Å². The van der Waals surface area contributed by atoms with Crippen LogP contribution in [0.3, 0.4) is 0 Å². The molecule has 0 bridgehead atoms. The average molecular weight is 406 g/mol. The van der Waals surface area contributed by atoms with Gasteiger partial charge in [-0.1, -0.05) is 12.1 Å². The topological polar surface area (TPSA) is 94.3 Å². The number of methoxy groups -OCH3 is 1. The van der Waals surface area contributed by atoms with E-state index >= 15 is 0 Å². The van der Waals surface area contributed by atoms with Crippen LogP contribution in [0.2, 0.25) is 0 Å². The van der Waals surface area contributed by atoms with Crippen LogP contribution in [0.5, 0.6) is 11.5 Å². The zero-order chi connectivity index (χ0) is 19.1. The lowest BCUT2D eigenvalue weighted by Crippen LogP contribution is -2.33. The van der Waals surface area contributed by atoms with E-state index in [1.165, 1.54) is 0 Å². The quantitative estimate of drug-likeness (QED) is 0.563. The molecule has 0 fully saturated rings. The molecule has 1 aromatic heterocycles. The van der Waals surface area contributed by atoms with Gasteiger partial charge in [0, 0.05) is 12.6 Å². The van der Waals surface area contributed by atoms with Crippen LogP contribution in [0.1, 0.15) is 18.5 Å². The molecule has 2 unspecified atom stereocenters. The molecule has 0 amide bonds. The molecule has 8 nitrogen and oxygen atoms in total. The Morgan fingerprint density at radius 2 is 1.75 bits per heavy atom. The van der Waals surface area contributed by atoms with Crippen LogP contribution in [0.4, 0.5) is 0 Å². The average Bonchev–Trinajstić information content (AvgIpc) is 3.26. The van der Waals surface area contributed by atoms with E-state index < -0.39 is 6.10 Å². The lowest BCUT2D eigenvalue weighted by atomic mass is 10.1. The van der Waals surface area contributed by atoms with Crippen molar-refractivity contribution < 1.29 is 14.6 Å². The highest BCUT2D eigenvalue weighted by molar-refractivity contribution is 5.85. The zero-order valence-electron chi connectivity index (χ0n) is 15.7. The molecule has 2 aromatic carbocycles. The largest absolute Gasteiger partial charge is 0.497 e. The van der Waals surface area contributed by atoms with Gasteiger partial charge in [-0.05, 0) is 59.3 Å². The number of benzene rings is 2. The molecule has 3 rings (SSSR count). The van der Waals surface area contributed by atoms with Crippen LogP contribution in [0.15, 0.2) is 54.9 Å². The third-order valence-electron chi connectivity index (χ3n) is 4.17. The standard InChI is InChI=1S/C19H23N5O3.ClH/c1-14(15-3-5-16(6-4-15)24-13-21-22-23-24)20-11-17(25)12-27-19-9-7-18(26-2)8-10-19;/h3-10,13-14,17,20,25H,11-12H2,1-2H3;1H. The summed E-state index contributed by atoms with van der Waals surface area (Å²) < 4.78 is 12.3. The molecule has 0 spiro atoms. The van der Waals surface area contributed by atoms with Crippen LogP contribution in [-0.2, 0) is 0 Å². The molecule has 28 heavy (non-hydrogen) atoms. The second-order valence-electron chi connectivity index (χ2n) is 6.12. The minimum Gasteiger partial charge on any atom is -0.497 e. The Morgan fingerprint density at radius 3 is 2.36 bits per heavy atom. The van der Waals surface area contributed by atoms with Gasteiger partial charge in [0.1, 0.15) is 30.5 Å². The van der Waals surface area contributed by atoms with Crippen molar-refractivity contribution in [3.05, 3.63) is 60.4 Å². The van der Waals surface area contributed by atoms with Crippen LogP contribution >= 0.6 is 12.4 Å². The van der Waals surface area contributed by atoms with Crippen molar-refractivity contribution in [1.29, 1.82) is 0 Å². The second kappa shape index (κ2) is 10.6. The maximum absolute atomic E-state index is 10.1. The van der Waals surface area contributed by atoms with E-state index in [1.807, 2.05) is 55.5 Å². The van der Waals surface area contributed by atoms with Crippen LogP contribution in [0, 0.1) is 0 Å². The minimum absolute atomic E-state index is 0. The summed E-state index contributed by atoms with van der Waals surface area (Å²) >= 11 is 0. The van der Waals surface area contributed by atoms with E-state index in [2.05, 4.69) is 20.8 Å². The van der Waals surface area contributed by atoms with Gasteiger partial charge in [-0.25, -0.2) is 4.68 Å². The van der Waals surface area contributed by atoms with Crippen molar-refractivity contribution in [1.82, 2.24) is 25.5 Å². The number of aliphatic hydroxyl groups excluding tert-OH is 1. The molecule has 0 saturated heterocycles. The predicted molar refractivity (Wildman–Crippen MR) is 107 cm³/mol. The Kier molecular flexibility index (Phi) is 8.19. The Bertz CT molecular complexity index is 813. The molecule has 3 aromatic rings. The smallest absolute Gasteiger partial charge is 0.143 e. The van der Waals surface area contributed by atoms with Gasteiger partial charge in [-0.15, -0.1) is 17.5 Å². The normalized spacial score (nSPS) is 12.7. The highest BCUT2D eigenvalue weighted by atomic mass is 35.5. The fourth-order valence-corrected chi connectivity index (χ4v) is 2.55. The van der Waals surface area contributed by atoms with E-state index in [9.17, 15) is 5.11 Å². The first-order chi connectivity index (χ1) is 13.2. The molecule has 0 aliphatic carbocycles. The summed E-state index contributed by atoms with van der Waals surface area (Å²) in [6, 6.07) is 15.3. The fraction of sp³-hybridized carbons (Fsp3) is 0.316. The molecule has 2 atom stereocenters. The summed E-state index contributed by atoms with van der Waals surface area (Å²) in [6.45, 7) is 2.68. The zero-order valence-corrected chi connectivity index (χ0v) is 16.5. The molecular formula is C19H24ClN5O3. The number of ether oxygens (including phenoxy) is 2. The number of tetrazole rings is 1. The summed E-state index contributed by atoms with van der Waals surface area (Å²) in [5.74, 6) is 1.46. The SMILES string of the molecule is COc1ccc(OCC(O)CNC(C)c2ccc(-n3cnnn3)cc2)cc1.Cl. The number of aliphatic hydroxyl groups is 1. The highest BCUT2D eigenvalue weighted by Gasteiger charge is 2.10. The van der Waals surface area contributed by atoms with Gasteiger partial charge in [-0.2, -0.15) is 0 Å². The van der Waals surface area contributed by atoms with Gasteiger partial charge in [0.25, 0.3) is 0 Å². The lowest BCUT2D eigenvalue weighted by Gasteiger charge is -2.18. The molecule has 150 valence electrons. The van der Waals surface area contributed by atoms with Crippen molar-refractivity contribution >= 4 is 12.4 Å². The summed E-state index contributed by atoms with van der Waals surface area (Å²) in [4.78, 5) is 0. The molecule has 0 aliphatic rings. The van der Waals surface area contributed by atoms with E-state index in [0.717, 1.165) is 17.0 Å². The number of rotatable bonds is 9. The summed E-state index contributed by atoms with van der Waals surface area (Å²) in [5, 5.41) is 24.6. The van der Waals surface area contributed by atoms with Gasteiger partial charge in [-0.3, -0.25) is 0 Å². The maximum Gasteiger partial charge on any atom is 0.143 e. The Morgan fingerprint density at radius 1 is 1.07 bits per heavy atom. The van der Waals surface area contributed by atoms with Crippen molar-refractivity contribution in [3.8, 4) is 17.2 Å². The maximum atomic E-state index is 10.1. The fourth-order valence-electron chi connectivity index (χ4n) is 2.55. The molecule has 0 aliphatic heterocycles. The van der Waals surface area contributed by atoms with Crippen molar-refractivity contribution in [2.75, 3.05) is 20.3 Å². The van der Waals surface area contributed by atoms with Gasteiger partial charge in [0.2, 0.25) is 0 Å². The first kappa shape index (κ1) is 21.6. The van der Waals surface area contributed by atoms with Crippen molar-refractivity contribution in [2.24, 2.45) is 0 Å².